The van der Waals surface area contributed by atoms with E-state index in [9.17, 15) is 8.78 Å². The Morgan fingerprint density at radius 2 is 1.71 bits per heavy atom. The van der Waals surface area contributed by atoms with E-state index in [0.717, 1.165) is 0 Å². The molecule has 0 aliphatic rings. The topological polar surface area (TPSA) is 13.1 Å². The van der Waals surface area contributed by atoms with Crippen molar-refractivity contribution >= 4 is 45.1 Å². The first-order valence-corrected chi connectivity index (χ1v) is 5.49. The smallest absolute Gasteiger partial charge is 0.142 e. The molecule has 2 aromatic carbocycles. The molecule has 0 bridgehead atoms. The predicted molar refractivity (Wildman–Crippen MR) is 63.7 cm³/mol. The Bertz CT molecular complexity index is 749. The molecule has 0 aliphatic heterocycles. The number of furan rings is 1. The van der Waals surface area contributed by atoms with Gasteiger partial charge in [-0.05, 0) is 18.2 Å². The lowest BCUT2D eigenvalue weighted by atomic mass is 10.1. The first kappa shape index (κ1) is 10.8. The van der Waals surface area contributed by atoms with Crippen LogP contribution in [0.25, 0.3) is 21.9 Å². The average Bonchev–Trinajstić information content (AvgIpc) is 2.63. The van der Waals surface area contributed by atoms with Gasteiger partial charge in [-0.2, -0.15) is 0 Å². The van der Waals surface area contributed by atoms with E-state index in [2.05, 4.69) is 0 Å². The molecule has 0 N–H and O–H groups in total. The highest BCUT2D eigenvalue weighted by Crippen LogP contribution is 2.37. The largest absolute Gasteiger partial charge is 0.456 e. The molecular weight excluding hydrogens is 269 g/mol. The van der Waals surface area contributed by atoms with Crippen LogP contribution in [0.3, 0.4) is 0 Å². The number of hydrogen-bond donors (Lipinski definition) is 0. The van der Waals surface area contributed by atoms with Gasteiger partial charge in [-0.25, -0.2) is 8.78 Å². The monoisotopic (exact) mass is 272 g/mol. The van der Waals surface area contributed by atoms with E-state index in [1.165, 1.54) is 24.3 Å². The number of fused-ring (bicyclic) bond motifs is 3. The van der Waals surface area contributed by atoms with E-state index < -0.39 is 11.6 Å². The van der Waals surface area contributed by atoms with Crippen LogP contribution < -0.4 is 0 Å². The van der Waals surface area contributed by atoms with Gasteiger partial charge >= 0.3 is 0 Å². The van der Waals surface area contributed by atoms with Gasteiger partial charge in [-0.15, -0.1) is 0 Å². The van der Waals surface area contributed by atoms with E-state index in [0.29, 0.717) is 21.9 Å². The maximum atomic E-state index is 13.4. The van der Waals surface area contributed by atoms with Crippen molar-refractivity contribution in [3.05, 3.63) is 45.9 Å². The summed E-state index contributed by atoms with van der Waals surface area (Å²) >= 11 is 11.5. The molecule has 0 atom stereocenters. The normalized spacial score (nSPS) is 11.5. The molecule has 0 saturated heterocycles. The highest BCUT2D eigenvalue weighted by atomic mass is 35.5. The lowest BCUT2D eigenvalue weighted by Gasteiger charge is -1.96. The maximum Gasteiger partial charge on any atom is 0.142 e. The van der Waals surface area contributed by atoms with E-state index in [1.54, 1.807) is 0 Å². The molecule has 0 amide bonds. The van der Waals surface area contributed by atoms with Gasteiger partial charge < -0.3 is 4.42 Å². The first-order chi connectivity index (χ1) is 8.08. The van der Waals surface area contributed by atoms with Gasteiger partial charge in [0.25, 0.3) is 0 Å². The average molecular weight is 273 g/mol. The summed E-state index contributed by atoms with van der Waals surface area (Å²) in [7, 11) is 0. The molecular formula is C12H4Cl2F2O. The first-order valence-electron chi connectivity index (χ1n) is 4.73. The number of benzene rings is 2. The zero-order valence-electron chi connectivity index (χ0n) is 8.23. The number of rotatable bonds is 0. The Hall–Kier alpha value is -1.32. The number of hydrogen-bond acceptors (Lipinski definition) is 1. The van der Waals surface area contributed by atoms with Crippen LogP contribution in [0, 0.1) is 11.6 Å². The van der Waals surface area contributed by atoms with Crippen LogP contribution in [0.15, 0.2) is 28.7 Å². The standard InChI is InChI=1S/C12H4Cl2F2O/c13-6-4-10-5(3-8(6)16)11-9(17-10)2-1-7(15)12(11)14/h1-4H. The Balaban J connectivity index is 2.58. The summed E-state index contributed by atoms with van der Waals surface area (Å²) in [5, 5.41) is 0.639. The fourth-order valence-electron chi connectivity index (χ4n) is 1.80. The predicted octanol–water partition coefficient (Wildman–Crippen LogP) is 5.17. The van der Waals surface area contributed by atoms with Gasteiger partial charge in [0.1, 0.15) is 22.8 Å². The van der Waals surface area contributed by atoms with Crippen molar-refractivity contribution in [3.63, 3.8) is 0 Å². The van der Waals surface area contributed by atoms with Crippen molar-refractivity contribution < 1.29 is 13.2 Å². The van der Waals surface area contributed by atoms with Crippen molar-refractivity contribution in [1.29, 1.82) is 0 Å². The van der Waals surface area contributed by atoms with Gasteiger partial charge in [0.2, 0.25) is 0 Å². The van der Waals surface area contributed by atoms with Crippen molar-refractivity contribution in [2.75, 3.05) is 0 Å². The minimum Gasteiger partial charge on any atom is -0.456 e. The molecule has 0 aliphatic carbocycles. The van der Waals surface area contributed by atoms with E-state index in [1.807, 2.05) is 0 Å². The molecule has 1 heterocycles. The van der Waals surface area contributed by atoms with Gasteiger partial charge in [0.15, 0.2) is 0 Å². The summed E-state index contributed by atoms with van der Waals surface area (Å²) in [5.41, 5.74) is 0.770. The van der Waals surface area contributed by atoms with Gasteiger partial charge in [-0.1, -0.05) is 23.2 Å². The molecule has 1 nitrogen and oxygen atoms in total. The molecule has 5 heteroatoms. The van der Waals surface area contributed by atoms with Crippen molar-refractivity contribution in [1.82, 2.24) is 0 Å². The summed E-state index contributed by atoms with van der Waals surface area (Å²) < 4.78 is 32.1. The van der Waals surface area contributed by atoms with Crippen molar-refractivity contribution in [2.45, 2.75) is 0 Å². The quantitative estimate of drug-likeness (QED) is 0.550. The molecule has 3 aromatic rings. The second-order valence-electron chi connectivity index (χ2n) is 3.60. The Morgan fingerprint density at radius 3 is 2.47 bits per heavy atom. The van der Waals surface area contributed by atoms with E-state index in [4.69, 9.17) is 27.6 Å². The van der Waals surface area contributed by atoms with Gasteiger partial charge in [0, 0.05) is 16.8 Å². The fourth-order valence-corrected chi connectivity index (χ4v) is 2.21. The van der Waals surface area contributed by atoms with Crippen molar-refractivity contribution in [3.8, 4) is 0 Å². The van der Waals surface area contributed by atoms with Crippen LogP contribution in [0.2, 0.25) is 10.0 Å². The summed E-state index contributed by atoms with van der Waals surface area (Å²) in [6.07, 6.45) is 0. The van der Waals surface area contributed by atoms with Crippen LogP contribution in [0.1, 0.15) is 0 Å². The molecule has 0 fully saturated rings. The summed E-state index contributed by atoms with van der Waals surface area (Å²) in [6, 6.07) is 5.18. The Kier molecular flexibility index (Phi) is 2.28. The highest BCUT2D eigenvalue weighted by molar-refractivity contribution is 6.38. The zero-order valence-corrected chi connectivity index (χ0v) is 9.74. The third-order valence-corrected chi connectivity index (χ3v) is 3.23. The Morgan fingerprint density at radius 1 is 0.941 bits per heavy atom. The van der Waals surface area contributed by atoms with Gasteiger partial charge in [-0.3, -0.25) is 0 Å². The second kappa shape index (κ2) is 3.59. The second-order valence-corrected chi connectivity index (χ2v) is 4.38. The lowest BCUT2D eigenvalue weighted by Crippen LogP contribution is -1.78. The molecule has 3 rings (SSSR count). The fraction of sp³-hybridized carbons (Fsp3) is 0. The molecule has 0 spiro atoms. The van der Waals surface area contributed by atoms with Crippen LogP contribution in [0.5, 0.6) is 0 Å². The van der Waals surface area contributed by atoms with E-state index in [-0.39, 0.29) is 10.0 Å². The molecule has 86 valence electrons. The zero-order chi connectivity index (χ0) is 12.2. The summed E-state index contributed by atoms with van der Waals surface area (Å²) in [6.45, 7) is 0. The minimum atomic E-state index is -0.595. The lowest BCUT2D eigenvalue weighted by molar-refractivity contribution is 0.624. The maximum absolute atomic E-state index is 13.4. The van der Waals surface area contributed by atoms with Crippen LogP contribution in [-0.2, 0) is 0 Å². The van der Waals surface area contributed by atoms with Gasteiger partial charge in [0.05, 0.1) is 10.0 Å². The number of halogens is 4. The molecule has 0 unspecified atom stereocenters. The van der Waals surface area contributed by atoms with Crippen LogP contribution in [0.4, 0.5) is 8.78 Å². The van der Waals surface area contributed by atoms with Crippen molar-refractivity contribution in [2.24, 2.45) is 0 Å². The van der Waals surface area contributed by atoms with Crippen LogP contribution in [-0.4, -0.2) is 0 Å². The molecule has 0 radical (unpaired) electrons. The van der Waals surface area contributed by atoms with E-state index >= 15 is 0 Å². The molecule has 17 heavy (non-hydrogen) atoms. The highest BCUT2D eigenvalue weighted by Gasteiger charge is 2.15. The summed E-state index contributed by atoms with van der Waals surface area (Å²) in [4.78, 5) is 0. The Labute approximate surface area is 105 Å². The van der Waals surface area contributed by atoms with Crippen LogP contribution >= 0.6 is 23.2 Å². The molecule has 1 aromatic heterocycles. The minimum absolute atomic E-state index is 0.0480. The SMILES string of the molecule is Fc1cc2c(cc1Cl)oc1ccc(F)c(Cl)c12. The third-order valence-electron chi connectivity index (χ3n) is 2.57. The molecule has 0 saturated carbocycles. The third kappa shape index (κ3) is 1.50. The summed E-state index contributed by atoms with van der Waals surface area (Å²) in [5.74, 6) is -1.17.